The van der Waals surface area contributed by atoms with E-state index in [1.54, 1.807) is 18.3 Å². The fourth-order valence-electron chi connectivity index (χ4n) is 3.29. The Morgan fingerprint density at radius 3 is 2.92 bits per heavy atom. The van der Waals surface area contributed by atoms with Gasteiger partial charge >= 0.3 is 0 Å². The number of anilines is 1. The van der Waals surface area contributed by atoms with Crippen molar-refractivity contribution in [3.63, 3.8) is 0 Å². The van der Waals surface area contributed by atoms with Gasteiger partial charge in [0, 0.05) is 39.0 Å². The standard InChI is InChI=1S/C17H20N6O2/c18-11-13-3-1-5-19-16(13)23-8-6-22(7-9-23)12-15-20-17(25-21-15)14-4-2-10-24-14/h1,3,5,14H,2,4,6-10,12H2/t14-/m1/s1. The highest BCUT2D eigenvalue weighted by Crippen LogP contribution is 2.27. The molecule has 0 aromatic carbocycles. The van der Waals surface area contributed by atoms with Crippen LogP contribution >= 0.6 is 0 Å². The van der Waals surface area contributed by atoms with Crippen molar-refractivity contribution in [2.75, 3.05) is 37.7 Å². The third-order valence-corrected chi connectivity index (χ3v) is 4.63. The minimum Gasteiger partial charge on any atom is -0.368 e. The largest absolute Gasteiger partial charge is 0.368 e. The van der Waals surface area contributed by atoms with Crippen molar-refractivity contribution in [3.8, 4) is 6.07 Å². The molecule has 130 valence electrons. The van der Waals surface area contributed by atoms with E-state index in [0.717, 1.165) is 51.4 Å². The number of aromatic nitrogens is 3. The van der Waals surface area contributed by atoms with Gasteiger partial charge in [0.15, 0.2) is 5.82 Å². The Hall–Kier alpha value is -2.50. The van der Waals surface area contributed by atoms with E-state index in [-0.39, 0.29) is 6.10 Å². The van der Waals surface area contributed by atoms with Gasteiger partial charge in [-0.3, -0.25) is 4.90 Å². The van der Waals surface area contributed by atoms with Crippen molar-refractivity contribution in [2.45, 2.75) is 25.5 Å². The molecular weight excluding hydrogens is 320 g/mol. The Labute approximate surface area is 146 Å². The van der Waals surface area contributed by atoms with Crippen LogP contribution in [-0.4, -0.2) is 52.8 Å². The summed E-state index contributed by atoms with van der Waals surface area (Å²) in [7, 11) is 0. The lowest BCUT2D eigenvalue weighted by molar-refractivity contribution is 0.0835. The molecule has 0 saturated carbocycles. The molecule has 1 atom stereocenters. The monoisotopic (exact) mass is 340 g/mol. The van der Waals surface area contributed by atoms with Gasteiger partial charge in [-0.25, -0.2) is 4.98 Å². The van der Waals surface area contributed by atoms with Crippen LogP contribution in [0.3, 0.4) is 0 Å². The van der Waals surface area contributed by atoms with Crippen molar-refractivity contribution in [1.82, 2.24) is 20.0 Å². The van der Waals surface area contributed by atoms with Crippen LogP contribution in [0, 0.1) is 11.3 Å². The second-order valence-electron chi connectivity index (χ2n) is 6.30. The molecular formula is C17H20N6O2. The maximum absolute atomic E-state index is 9.22. The van der Waals surface area contributed by atoms with Gasteiger partial charge in [-0.15, -0.1) is 0 Å². The third kappa shape index (κ3) is 3.48. The van der Waals surface area contributed by atoms with E-state index in [9.17, 15) is 5.26 Å². The van der Waals surface area contributed by atoms with E-state index < -0.39 is 0 Å². The molecule has 8 heteroatoms. The van der Waals surface area contributed by atoms with Crippen molar-refractivity contribution in [1.29, 1.82) is 5.26 Å². The van der Waals surface area contributed by atoms with Crippen LogP contribution in [0.5, 0.6) is 0 Å². The Kier molecular flexibility index (Phi) is 4.59. The van der Waals surface area contributed by atoms with Crippen LogP contribution in [0.4, 0.5) is 5.82 Å². The van der Waals surface area contributed by atoms with Crippen LogP contribution in [-0.2, 0) is 11.3 Å². The van der Waals surface area contributed by atoms with E-state index in [4.69, 9.17) is 9.26 Å². The molecule has 0 amide bonds. The summed E-state index contributed by atoms with van der Waals surface area (Å²) < 4.78 is 10.9. The predicted molar refractivity (Wildman–Crippen MR) is 88.7 cm³/mol. The molecule has 2 fully saturated rings. The van der Waals surface area contributed by atoms with Crippen molar-refractivity contribution in [2.24, 2.45) is 0 Å². The molecule has 25 heavy (non-hydrogen) atoms. The van der Waals surface area contributed by atoms with Crippen LogP contribution in [0.1, 0.15) is 36.2 Å². The summed E-state index contributed by atoms with van der Waals surface area (Å²) in [5, 5.41) is 13.3. The SMILES string of the molecule is N#Cc1cccnc1N1CCN(Cc2noc([C@H]3CCCO3)n2)CC1. The first-order valence-corrected chi connectivity index (χ1v) is 8.60. The number of nitrogens with zero attached hydrogens (tertiary/aromatic N) is 6. The molecule has 4 rings (SSSR count). The second kappa shape index (κ2) is 7.17. The summed E-state index contributed by atoms with van der Waals surface area (Å²) in [6.07, 6.45) is 3.69. The Morgan fingerprint density at radius 2 is 2.16 bits per heavy atom. The highest BCUT2D eigenvalue weighted by atomic mass is 16.5. The van der Waals surface area contributed by atoms with Gasteiger partial charge < -0.3 is 14.2 Å². The van der Waals surface area contributed by atoms with Gasteiger partial charge in [-0.1, -0.05) is 5.16 Å². The summed E-state index contributed by atoms with van der Waals surface area (Å²) in [4.78, 5) is 13.3. The van der Waals surface area contributed by atoms with Crippen molar-refractivity contribution < 1.29 is 9.26 Å². The minimum absolute atomic E-state index is 0.0355. The Balaban J connectivity index is 1.34. The maximum atomic E-state index is 9.22. The number of piperazine rings is 1. The van der Waals surface area contributed by atoms with Gasteiger partial charge in [0.1, 0.15) is 18.0 Å². The zero-order valence-corrected chi connectivity index (χ0v) is 14.0. The number of hydrogen-bond donors (Lipinski definition) is 0. The molecule has 2 aromatic heterocycles. The molecule has 0 N–H and O–H groups in total. The Bertz CT molecular complexity index is 756. The lowest BCUT2D eigenvalue weighted by Gasteiger charge is -2.35. The lowest BCUT2D eigenvalue weighted by Crippen LogP contribution is -2.46. The van der Waals surface area contributed by atoms with Crippen molar-refractivity contribution >= 4 is 5.82 Å². The first-order chi connectivity index (χ1) is 12.3. The van der Waals surface area contributed by atoms with Crippen LogP contribution in [0.15, 0.2) is 22.9 Å². The van der Waals surface area contributed by atoms with Gasteiger partial charge in [0.05, 0.1) is 12.1 Å². The highest BCUT2D eigenvalue weighted by Gasteiger charge is 2.25. The van der Waals surface area contributed by atoms with Gasteiger partial charge in [0.2, 0.25) is 0 Å². The van der Waals surface area contributed by atoms with E-state index in [1.807, 2.05) is 0 Å². The van der Waals surface area contributed by atoms with Gasteiger partial charge in [-0.2, -0.15) is 10.2 Å². The van der Waals surface area contributed by atoms with Gasteiger partial charge in [-0.05, 0) is 25.0 Å². The van der Waals surface area contributed by atoms with Crippen LogP contribution in [0.25, 0.3) is 0 Å². The summed E-state index contributed by atoms with van der Waals surface area (Å²) in [5.74, 6) is 2.07. The molecule has 4 heterocycles. The van der Waals surface area contributed by atoms with Crippen LogP contribution < -0.4 is 4.90 Å². The number of hydrogen-bond acceptors (Lipinski definition) is 8. The second-order valence-corrected chi connectivity index (χ2v) is 6.30. The third-order valence-electron chi connectivity index (χ3n) is 4.63. The minimum atomic E-state index is -0.0355. The predicted octanol–water partition coefficient (Wildman–Crippen LogP) is 1.51. The molecule has 2 aromatic rings. The summed E-state index contributed by atoms with van der Waals surface area (Å²) >= 11 is 0. The molecule has 0 aliphatic carbocycles. The van der Waals surface area contributed by atoms with E-state index >= 15 is 0 Å². The van der Waals surface area contributed by atoms with E-state index in [1.165, 1.54) is 0 Å². The average Bonchev–Trinajstić information content (AvgIpc) is 3.34. The molecule has 0 radical (unpaired) electrons. The zero-order valence-electron chi connectivity index (χ0n) is 14.0. The quantitative estimate of drug-likeness (QED) is 0.827. The van der Waals surface area contributed by atoms with Gasteiger partial charge in [0.25, 0.3) is 5.89 Å². The van der Waals surface area contributed by atoms with Crippen LogP contribution in [0.2, 0.25) is 0 Å². The molecule has 2 aliphatic heterocycles. The summed E-state index contributed by atoms with van der Waals surface area (Å²) in [6, 6.07) is 5.81. The number of pyridine rings is 1. The first kappa shape index (κ1) is 16.0. The molecule has 0 spiro atoms. The smallest absolute Gasteiger partial charge is 0.255 e. The topological polar surface area (TPSA) is 91.3 Å². The molecule has 2 aliphatic rings. The highest BCUT2D eigenvalue weighted by molar-refractivity contribution is 5.53. The lowest BCUT2D eigenvalue weighted by atomic mass is 10.2. The molecule has 8 nitrogen and oxygen atoms in total. The van der Waals surface area contributed by atoms with E-state index in [0.29, 0.717) is 23.8 Å². The molecule has 0 bridgehead atoms. The van der Waals surface area contributed by atoms with Crippen molar-refractivity contribution in [3.05, 3.63) is 35.6 Å². The first-order valence-electron chi connectivity index (χ1n) is 8.60. The summed E-state index contributed by atoms with van der Waals surface area (Å²) in [5.41, 5.74) is 0.621. The number of ether oxygens (including phenoxy) is 1. The fourth-order valence-corrected chi connectivity index (χ4v) is 3.29. The number of rotatable bonds is 4. The fraction of sp³-hybridized carbons (Fsp3) is 0.529. The molecule has 0 unspecified atom stereocenters. The number of nitriles is 1. The maximum Gasteiger partial charge on any atom is 0.255 e. The molecule has 2 saturated heterocycles. The van der Waals surface area contributed by atoms with E-state index in [2.05, 4.69) is 31.0 Å². The normalized spacial score (nSPS) is 21.4. The summed E-state index contributed by atoms with van der Waals surface area (Å²) in [6.45, 7) is 4.81. The Morgan fingerprint density at radius 1 is 1.28 bits per heavy atom. The zero-order chi connectivity index (χ0) is 17.1. The average molecular weight is 340 g/mol.